The molecule has 1 saturated carbocycles. The summed E-state index contributed by atoms with van der Waals surface area (Å²) >= 11 is 1.80. The number of nitrogens with one attached hydrogen (secondary N) is 1. The zero-order chi connectivity index (χ0) is 14.3. The van der Waals surface area contributed by atoms with Crippen molar-refractivity contribution in [3.63, 3.8) is 0 Å². The van der Waals surface area contributed by atoms with Crippen molar-refractivity contribution in [1.29, 1.82) is 0 Å². The van der Waals surface area contributed by atoms with Gasteiger partial charge >= 0.3 is 0 Å². The Bertz CT molecular complexity index is 492. The molecule has 3 unspecified atom stereocenters. The summed E-state index contributed by atoms with van der Waals surface area (Å²) in [6.07, 6.45) is 5.27. The first-order valence-corrected chi connectivity index (χ1v) is 8.54. The van der Waals surface area contributed by atoms with Gasteiger partial charge in [0.2, 0.25) is 5.91 Å². The molecule has 3 nitrogen and oxygen atoms in total. The Hall–Kier alpha value is -0.870. The van der Waals surface area contributed by atoms with Gasteiger partial charge in [-0.25, -0.2) is 0 Å². The molecule has 1 aromatic heterocycles. The summed E-state index contributed by atoms with van der Waals surface area (Å²) in [4.78, 5) is 17.3. The van der Waals surface area contributed by atoms with Crippen molar-refractivity contribution in [2.24, 2.45) is 5.92 Å². The Balaban J connectivity index is 1.86. The lowest BCUT2D eigenvalue weighted by atomic mass is 9.97. The monoisotopic (exact) mass is 292 g/mol. The van der Waals surface area contributed by atoms with Crippen LogP contribution in [-0.4, -0.2) is 22.9 Å². The predicted molar refractivity (Wildman–Crippen MR) is 82.7 cm³/mol. The second-order valence-electron chi connectivity index (χ2n) is 6.27. The minimum atomic E-state index is -0.0636. The molecule has 1 amide bonds. The van der Waals surface area contributed by atoms with Gasteiger partial charge in [0.1, 0.15) is 6.17 Å². The third kappa shape index (κ3) is 2.40. The number of amides is 1. The van der Waals surface area contributed by atoms with Crippen LogP contribution in [0.1, 0.15) is 55.5 Å². The largest absolute Gasteiger partial charge is 0.318 e. The summed E-state index contributed by atoms with van der Waals surface area (Å²) in [5.74, 6) is 0.940. The van der Waals surface area contributed by atoms with E-state index in [-0.39, 0.29) is 18.1 Å². The lowest BCUT2D eigenvalue weighted by molar-refractivity contribution is -0.132. The molecular weight excluding hydrogens is 268 g/mol. The summed E-state index contributed by atoms with van der Waals surface area (Å²) in [7, 11) is 0. The normalized spacial score (nSPS) is 29.4. The van der Waals surface area contributed by atoms with Gasteiger partial charge in [0.05, 0.1) is 6.04 Å². The average molecular weight is 292 g/mol. The molecule has 0 spiro atoms. The number of aryl methyl sites for hydroxylation is 1. The van der Waals surface area contributed by atoms with Crippen LogP contribution < -0.4 is 5.32 Å². The molecule has 0 radical (unpaired) electrons. The first-order valence-electron chi connectivity index (χ1n) is 7.72. The Labute approximate surface area is 125 Å². The van der Waals surface area contributed by atoms with Crippen LogP contribution in [0.15, 0.2) is 12.1 Å². The SMILES string of the molecule is Cc1ccc(C2NC(C)C(=O)N2C(C)C2CCCC2)s1. The highest BCUT2D eigenvalue weighted by Gasteiger charge is 2.42. The maximum Gasteiger partial charge on any atom is 0.241 e. The molecule has 2 fully saturated rings. The number of thiophene rings is 1. The van der Waals surface area contributed by atoms with Gasteiger partial charge in [-0.05, 0) is 51.7 Å². The van der Waals surface area contributed by atoms with E-state index in [1.54, 1.807) is 11.3 Å². The topological polar surface area (TPSA) is 32.3 Å². The highest BCUT2D eigenvalue weighted by Crippen LogP contribution is 2.37. The van der Waals surface area contributed by atoms with Crippen molar-refractivity contribution in [1.82, 2.24) is 10.2 Å². The molecule has 1 aromatic rings. The van der Waals surface area contributed by atoms with Gasteiger partial charge in [0.15, 0.2) is 0 Å². The van der Waals surface area contributed by atoms with Gasteiger partial charge in [-0.15, -0.1) is 11.3 Å². The first-order chi connectivity index (χ1) is 9.58. The van der Waals surface area contributed by atoms with Gasteiger partial charge in [0, 0.05) is 15.8 Å². The van der Waals surface area contributed by atoms with Crippen LogP contribution in [0.25, 0.3) is 0 Å². The fraction of sp³-hybridized carbons (Fsp3) is 0.688. The molecule has 1 N–H and O–H groups in total. The fourth-order valence-corrected chi connectivity index (χ4v) is 4.60. The highest BCUT2D eigenvalue weighted by atomic mass is 32.1. The number of nitrogens with zero attached hydrogens (tertiary/aromatic N) is 1. The Morgan fingerprint density at radius 2 is 2.05 bits per heavy atom. The standard InChI is InChI=1S/C16H24N2OS/c1-10-8-9-14(20-10)15-17-11(2)16(19)18(15)12(3)13-6-4-5-7-13/h8-9,11-13,15,17H,4-7H2,1-3H3. The van der Waals surface area contributed by atoms with Gasteiger partial charge in [-0.3, -0.25) is 10.1 Å². The predicted octanol–water partition coefficient (Wildman–Crippen LogP) is 3.45. The van der Waals surface area contributed by atoms with Crippen LogP contribution in [0.3, 0.4) is 0 Å². The molecule has 1 saturated heterocycles. The van der Waals surface area contributed by atoms with Gasteiger partial charge < -0.3 is 4.90 Å². The quantitative estimate of drug-likeness (QED) is 0.925. The zero-order valence-electron chi connectivity index (χ0n) is 12.6. The smallest absolute Gasteiger partial charge is 0.241 e. The minimum absolute atomic E-state index is 0.0636. The van der Waals surface area contributed by atoms with E-state index in [2.05, 4.69) is 36.2 Å². The van der Waals surface area contributed by atoms with Crippen molar-refractivity contribution in [2.75, 3.05) is 0 Å². The maximum absolute atomic E-state index is 12.6. The van der Waals surface area contributed by atoms with Crippen molar-refractivity contribution in [3.05, 3.63) is 21.9 Å². The molecule has 1 aliphatic carbocycles. The third-order valence-corrected chi connectivity index (χ3v) is 5.92. The van der Waals surface area contributed by atoms with Crippen molar-refractivity contribution >= 4 is 17.2 Å². The van der Waals surface area contributed by atoms with Crippen LogP contribution in [0, 0.1) is 12.8 Å². The van der Waals surface area contributed by atoms with E-state index in [0.29, 0.717) is 12.0 Å². The molecule has 20 heavy (non-hydrogen) atoms. The van der Waals surface area contributed by atoms with Crippen molar-refractivity contribution in [2.45, 2.75) is 64.7 Å². The lowest BCUT2D eigenvalue weighted by Gasteiger charge is -2.33. The summed E-state index contributed by atoms with van der Waals surface area (Å²) in [6.45, 7) is 6.34. The second kappa shape index (κ2) is 5.49. The van der Waals surface area contributed by atoms with E-state index < -0.39 is 0 Å². The molecule has 3 atom stereocenters. The fourth-order valence-electron chi connectivity index (χ4n) is 3.66. The van der Waals surface area contributed by atoms with E-state index in [0.717, 1.165) is 0 Å². The molecule has 4 heteroatoms. The molecule has 2 aliphatic rings. The lowest BCUT2D eigenvalue weighted by Crippen LogP contribution is -2.41. The van der Waals surface area contributed by atoms with Gasteiger partial charge in [-0.1, -0.05) is 12.8 Å². The average Bonchev–Trinajstić information content (AvgIpc) is 3.11. The van der Waals surface area contributed by atoms with Crippen LogP contribution in [-0.2, 0) is 4.79 Å². The number of carbonyl (C=O) groups excluding carboxylic acids is 1. The number of hydrogen-bond acceptors (Lipinski definition) is 3. The number of rotatable bonds is 3. The molecule has 2 heterocycles. The van der Waals surface area contributed by atoms with Crippen molar-refractivity contribution < 1.29 is 4.79 Å². The summed E-state index contributed by atoms with van der Waals surface area (Å²) in [5, 5.41) is 3.47. The molecule has 0 bridgehead atoms. The van der Waals surface area contributed by atoms with Gasteiger partial charge in [-0.2, -0.15) is 0 Å². The zero-order valence-corrected chi connectivity index (χ0v) is 13.4. The number of carbonyl (C=O) groups is 1. The van der Waals surface area contributed by atoms with E-state index >= 15 is 0 Å². The molecule has 110 valence electrons. The molecule has 0 aromatic carbocycles. The Kier molecular flexibility index (Phi) is 3.87. The molecular formula is C16H24N2OS. The minimum Gasteiger partial charge on any atom is -0.318 e. The highest BCUT2D eigenvalue weighted by molar-refractivity contribution is 7.12. The third-order valence-electron chi connectivity index (χ3n) is 4.86. The maximum atomic E-state index is 12.6. The first kappa shape index (κ1) is 14.1. The summed E-state index contributed by atoms with van der Waals surface area (Å²) in [5.41, 5.74) is 0. The second-order valence-corrected chi connectivity index (χ2v) is 7.59. The van der Waals surface area contributed by atoms with E-state index in [4.69, 9.17) is 0 Å². The Morgan fingerprint density at radius 1 is 1.35 bits per heavy atom. The Morgan fingerprint density at radius 3 is 2.65 bits per heavy atom. The van der Waals surface area contributed by atoms with E-state index in [9.17, 15) is 4.79 Å². The van der Waals surface area contributed by atoms with Crippen LogP contribution in [0.2, 0.25) is 0 Å². The summed E-state index contributed by atoms with van der Waals surface area (Å²) in [6, 6.07) is 4.59. The molecule has 3 rings (SSSR count). The van der Waals surface area contributed by atoms with Crippen LogP contribution in [0.4, 0.5) is 0 Å². The van der Waals surface area contributed by atoms with Crippen molar-refractivity contribution in [3.8, 4) is 0 Å². The van der Waals surface area contributed by atoms with Gasteiger partial charge in [0.25, 0.3) is 0 Å². The van der Waals surface area contributed by atoms with Crippen LogP contribution >= 0.6 is 11.3 Å². The van der Waals surface area contributed by atoms with E-state index in [1.807, 2.05) is 6.92 Å². The van der Waals surface area contributed by atoms with E-state index in [1.165, 1.54) is 35.4 Å². The number of hydrogen-bond donors (Lipinski definition) is 1. The summed E-state index contributed by atoms with van der Waals surface area (Å²) < 4.78 is 0. The molecule has 1 aliphatic heterocycles. The van der Waals surface area contributed by atoms with Crippen LogP contribution in [0.5, 0.6) is 0 Å².